The molecule has 6 heteroatoms. The number of H-pyrrole nitrogens is 1. The first kappa shape index (κ1) is 15.2. The van der Waals surface area contributed by atoms with E-state index in [1.807, 2.05) is 30.3 Å². The molecule has 24 heavy (non-hydrogen) atoms. The standard InChI is InChI=1S/C18H17N2O3P/c1-2-14-11-5-3-4-6-12(11)16-13-9-10(23-24-22)7-8-15(13)19-17(16)18(21)20-14/h3-9,14,19,22,24H,2H2,1H3,(H,20,21). The summed E-state index contributed by atoms with van der Waals surface area (Å²) in [4.78, 5) is 25.0. The fourth-order valence-electron chi connectivity index (χ4n) is 3.40. The average molecular weight is 340 g/mol. The zero-order valence-electron chi connectivity index (χ0n) is 13.1. The van der Waals surface area contributed by atoms with E-state index in [9.17, 15) is 4.79 Å². The molecule has 0 saturated carbocycles. The molecule has 3 N–H and O–H groups in total. The van der Waals surface area contributed by atoms with Gasteiger partial charge in [-0.25, -0.2) is 0 Å². The Hall–Kier alpha value is -2.36. The van der Waals surface area contributed by atoms with Crippen molar-refractivity contribution >= 4 is 25.8 Å². The van der Waals surface area contributed by atoms with Crippen molar-refractivity contribution in [1.82, 2.24) is 10.3 Å². The van der Waals surface area contributed by atoms with Crippen LogP contribution in [0.2, 0.25) is 0 Å². The van der Waals surface area contributed by atoms with Gasteiger partial charge < -0.3 is 19.7 Å². The van der Waals surface area contributed by atoms with Crippen molar-refractivity contribution < 1.29 is 14.2 Å². The molecule has 3 aromatic rings. The number of aromatic amines is 1. The second kappa shape index (κ2) is 5.93. The molecule has 2 unspecified atom stereocenters. The van der Waals surface area contributed by atoms with Crippen LogP contribution in [0.4, 0.5) is 0 Å². The Morgan fingerprint density at radius 1 is 1.25 bits per heavy atom. The van der Waals surface area contributed by atoms with Gasteiger partial charge in [0, 0.05) is 16.5 Å². The summed E-state index contributed by atoms with van der Waals surface area (Å²) < 4.78 is 5.23. The molecule has 4 rings (SSSR count). The van der Waals surface area contributed by atoms with Crippen LogP contribution in [0.1, 0.15) is 35.4 Å². The highest BCUT2D eigenvalue weighted by Gasteiger charge is 2.28. The number of carbonyl (C=O) groups is 1. The number of amides is 1. The van der Waals surface area contributed by atoms with Crippen molar-refractivity contribution in [2.75, 3.05) is 0 Å². The molecule has 0 bridgehead atoms. The number of rotatable bonds is 3. The smallest absolute Gasteiger partial charge is 0.268 e. The third kappa shape index (κ3) is 2.29. The van der Waals surface area contributed by atoms with Crippen molar-refractivity contribution in [2.24, 2.45) is 0 Å². The van der Waals surface area contributed by atoms with Crippen LogP contribution in [0, 0.1) is 0 Å². The summed E-state index contributed by atoms with van der Waals surface area (Å²) >= 11 is 0. The molecule has 5 nitrogen and oxygen atoms in total. The summed E-state index contributed by atoms with van der Waals surface area (Å²) in [6.07, 6.45) is 0.824. The summed E-state index contributed by atoms with van der Waals surface area (Å²) in [5.41, 5.74) is 4.49. The molecular weight excluding hydrogens is 323 g/mol. The third-order valence-corrected chi connectivity index (χ3v) is 4.81. The van der Waals surface area contributed by atoms with Gasteiger partial charge in [0.1, 0.15) is 11.4 Å². The van der Waals surface area contributed by atoms with Crippen LogP contribution in [0.25, 0.3) is 22.0 Å². The normalized spacial score (nSPS) is 16.8. The molecule has 2 heterocycles. The van der Waals surface area contributed by atoms with E-state index in [4.69, 9.17) is 9.42 Å². The van der Waals surface area contributed by atoms with Gasteiger partial charge in [0.05, 0.1) is 6.04 Å². The van der Waals surface area contributed by atoms with Gasteiger partial charge in [0.25, 0.3) is 5.91 Å². The SMILES string of the molecule is CCC1NC(=O)c2[nH]c3ccc(OPO)cc3c2-c2ccccc21. The molecule has 2 atom stereocenters. The number of aromatic nitrogens is 1. The molecule has 0 fully saturated rings. The number of fused-ring (bicyclic) bond motifs is 5. The van der Waals surface area contributed by atoms with E-state index in [0.29, 0.717) is 11.4 Å². The first-order valence-electron chi connectivity index (χ1n) is 7.84. The molecule has 1 aliphatic heterocycles. The van der Waals surface area contributed by atoms with Crippen LogP contribution >= 0.6 is 9.03 Å². The molecular formula is C18H17N2O3P. The molecule has 1 amide bonds. The van der Waals surface area contributed by atoms with Crippen LogP contribution in [0.3, 0.4) is 0 Å². The summed E-state index contributed by atoms with van der Waals surface area (Å²) in [5, 5.41) is 4.02. The Morgan fingerprint density at radius 2 is 2.08 bits per heavy atom. The van der Waals surface area contributed by atoms with Crippen LogP contribution < -0.4 is 9.84 Å². The predicted octanol–water partition coefficient (Wildman–Crippen LogP) is 3.91. The van der Waals surface area contributed by atoms with Gasteiger partial charge in [-0.2, -0.15) is 0 Å². The number of nitrogens with one attached hydrogen (secondary N) is 2. The van der Waals surface area contributed by atoms with E-state index in [-0.39, 0.29) is 11.9 Å². The van der Waals surface area contributed by atoms with Gasteiger partial charge >= 0.3 is 0 Å². The summed E-state index contributed by atoms with van der Waals surface area (Å²) in [6, 6.07) is 13.6. The maximum absolute atomic E-state index is 12.7. The lowest BCUT2D eigenvalue weighted by atomic mass is 9.93. The summed E-state index contributed by atoms with van der Waals surface area (Å²) in [7, 11) is -0.612. The van der Waals surface area contributed by atoms with E-state index in [0.717, 1.165) is 34.0 Å². The average Bonchev–Trinajstić information content (AvgIpc) is 2.93. The van der Waals surface area contributed by atoms with Crippen LogP contribution in [0.5, 0.6) is 5.75 Å². The van der Waals surface area contributed by atoms with E-state index in [1.54, 1.807) is 6.07 Å². The van der Waals surface area contributed by atoms with Crippen molar-refractivity contribution in [3.05, 3.63) is 53.7 Å². The highest BCUT2D eigenvalue weighted by molar-refractivity contribution is 7.25. The van der Waals surface area contributed by atoms with Gasteiger partial charge in [0.2, 0.25) is 9.03 Å². The van der Waals surface area contributed by atoms with Crippen LogP contribution in [-0.2, 0) is 0 Å². The monoisotopic (exact) mass is 340 g/mol. The van der Waals surface area contributed by atoms with Gasteiger partial charge in [0.15, 0.2) is 0 Å². The summed E-state index contributed by atoms with van der Waals surface area (Å²) in [5.74, 6) is 0.482. The highest BCUT2D eigenvalue weighted by Crippen LogP contribution is 2.41. The predicted molar refractivity (Wildman–Crippen MR) is 95.4 cm³/mol. The highest BCUT2D eigenvalue weighted by atomic mass is 31.1. The molecule has 0 saturated heterocycles. The number of carbonyl (C=O) groups excluding carboxylic acids is 1. The Morgan fingerprint density at radius 3 is 2.88 bits per heavy atom. The molecule has 122 valence electrons. The van der Waals surface area contributed by atoms with Crippen molar-refractivity contribution in [2.45, 2.75) is 19.4 Å². The van der Waals surface area contributed by atoms with Crippen molar-refractivity contribution in [3.8, 4) is 16.9 Å². The number of hydrogen-bond acceptors (Lipinski definition) is 3. The van der Waals surface area contributed by atoms with Crippen molar-refractivity contribution in [3.63, 3.8) is 0 Å². The Bertz CT molecular complexity index is 935. The maximum Gasteiger partial charge on any atom is 0.268 e. The first-order chi connectivity index (χ1) is 11.7. The molecule has 0 radical (unpaired) electrons. The van der Waals surface area contributed by atoms with Crippen molar-refractivity contribution in [1.29, 1.82) is 0 Å². The second-order valence-corrected chi connectivity index (χ2v) is 6.18. The minimum absolute atomic E-state index is 0.0112. The van der Waals surface area contributed by atoms with Gasteiger partial charge in [-0.05, 0) is 35.7 Å². The van der Waals surface area contributed by atoms with E-state index >= 15 is 0 Å². The zero-order valence-corrected chi connectivity index (χ0v) is 14.1. The molecule has 2 aromatic carbocycles. The van der Waals surface area contributed by atoms with E-state index < -0.39 is 9.03 Å². The molecule has 1 aliphatic rings. The fraction of sp³-hybridized carbons (Fsp3) is 0.167. The second-order valence-electron chi connectivity index (χ2n) is 5.80. The Kier molecular flexibility index (Phi) is 3.75. The Balaban J connectivity index is 2.04. The van der Waals surface area contributed by atoms with Gasteiger partial charge in [-0.3, -0.25) is 4.79 Å². The number of hydrogen-bond donors (Lipinski definition) is 3. The lowest BCUT2D eigenvalue weighted by Gasteiger charge is -2.17. The van der Waals surface area contributed by atoms with Gasteiger partial charge in [-0.15, -0.1) is 0 Å². The van der Waals surface area contributed by atoms with Crippen LogP contribution in [0.15, 0.2) is 42.5 Å². The fourth-order valence-corrected chi connectivity index (χ4v) is 3.63. The lowest BCUT2D eigenvalue weighted by molar-refractivity contribution is 0.0933. The lowest BCUT2D eigenvalue weighted by Crippen LogP contribution is -2.27. The van der Waals surface area contributed by atoms with E-state index in [1.165, 1.54) is 0 Å². The Labute approximate surface area is 141 Å². The molecule has 1 aromatic heterocycles. The third-order valence-electron chi connectivity index (χ3n) is 4.48. The minimum Gasteiger partial charge on any atom is -0.450 e. The maximum atomic E-state index is 12.7. The zero-order chi connectivity index (χ0) is 16.7. The minimum atomic E-state index is -0.612. The molecule has 0 aliphatic carbocycles. The number of benzene rings is 2. The topological polar surface area (TPSA) is 74.4 Å². The van der Waals surface area contributed by atoms with Gasteiger partial charge in [-0.1, -0.05) is 31.2 Å². The summed E-state index contributed by atoms with van der Waals surface area (Å²) in [6.45, 7) is 2.06. The van der Waals surface area contributed by atoms with E-state index in [2.05, 4.69) is 23.3 Å². The molecule has 0 spiro atoms. The first-order valence-corrected chi connectivity index (χ1v) is 8.70. The van der Waals surface area contributed by atoms with Crippen LogP contribution in [-0.4, -0.2) is 15.8 Å². The largest absolute Gasteiger partial charge is 0.450 e. The quantitative estimate of drug-likeness (QED) is 0.633.